The molecule has 1 fully saturated rings. The van der Waals surface area contributed by atoms with Gasteiger partial charge < -0.3 is 10.7 Å². The fraction of sp³-hybridized carbons (Fsp3) is 0.385. The van der Waals surface area contributed by atoms with Crippen LogP contribution in [0.2, 0.25) is 0 Å². The number of aromatic amines is 1. The summed E-state index contributed by atoms with van der Waals surface area (Å²) >= 11 is 0. The van der Waals surface area contributed by atoms with Gasteiger partial charge in [-0.05, 0) is 24.5 Å². The van der Waals surface area contributed by atoms with E-state index in [-0.39, 0.29) is 11.2 Å². The molecule has 1 aromatic heterocycles. The van der Waals surface area contributed by atoms with Crippen molar-refractivity contribution >= 4 is 10.9 Å². The maximum atomic E-state index is 14.3. The topological polar surface area (TPSA) is 41.8 Å². The molecule has 3 N–H and O–H groups in total. The van der Waals surface area contributed by atoms with Crippen molar-refractivity contribution in [3.63, 3.8) is 0 Å². The Kier molecular flexibility index (Phi) is 2.04. The first-order chi connectivity index (χ1) is 7.77. The molecule has 3 rings (SSSR count). The Morgan fingerprint density at radius 1 is 1.31 bits per heavy atom. The molecule has 0 aliphatic heterocycles. The largest absolute Gasteiger partial charge is 0.359 e. The molecule has 0 saturated heterocycles. The Balaban J connectivity index is 2.19. The predicted octanol–water partition coefficient (Wildman–Crippen LogP) is 2.69. The minimum atomic E-state index is -0.118. The van der Waals surface area contributed by atoms with Gasteiger partial charge in [-0.25, -0.2) is 4.39 Å². The molecular formula is C13H15FN2. The lowest BCUT2D eigenvalue weighted by Crippen LogP contribution is -2.42. The second-order valence-electron chi connectivity index (χ2n) is 4.71. The number of H-pyrrole nitrogens is 1. The fourth-order valence-electron chi connectivity index (χ4n) is 2.69. The molecule has 0 spiro atoms. The summed E-state index contributed by atoms with van der Waals surface area (Å²) in [5, 5.41) is 0.924. The second-order valence-corrected chi connectivity index (χ2v) is 4.71. The number of nitrogens with one attached hydrogen (secondary N) is 1. The van der Waals surface area contributed by atoms with Gasteiger partial charge in [-0.3, -0.25) is 0 Å². The minimum absolute atomic E-state index is 0.108. The lowest BCUT2D eigenvalue weighted by molar-refractivity contribution is 0.245. The van der Waals surface area contributed by atoms with Gasteiger partial charge in [0.05, 0.1) is 5.52 Å². The predicted molar refractivity (Wildman–Crippen MR) is 62.8 cm³/mol. The summed E-state index contributed by atoms with van der Waals surface area (Å²) in [6.07, 6.45) is 4.94. The van der Waals surface area contributed by atoms with Crippen molar-refractivity contribution in [3.8, 4) is 0 Å². The van der Waals surface area contributed by atoms with Gasteiger partial charge in [-0.1, -0.05) is 18.6 Å². The van der Waals surface area contributed by atoms with E-state index < -0.39 is 0 Å². The minimum Gasteiger partial charge on any atom is -0.359 e. The van der Waals surface area contributed by atoms with Gasteiger partial charge in [0.2, 0.25) is 0 Å². The van der Waals surface area contributed by atoms with E-state index >= 15 is 0 Å². The molecule has 1 aliphatic carbocycles. The van der Waals surface area contributed by atoms with Gasteiger partial charge in [0.25, 0.3) is 0 Å². The van der Waals surface area contributed by atoms with Crippen LogP contribution >= 0.6 is 0 Å². The van der Waals surface area contributed by atoms with Gasteiger partial charge in [-0.15, -0.1) is 0 Å². The van der Waals surface area contributed by atoms with Crippen molar-refractivity contribution < 1.29 is 4.39 Å². The highest BCUT2D eigenvalue weighted by atomic mass is 19.1. The van der Waals surface area contributed by atoms with Crippen molar-refractivity contribution in [3.05, 3.63) is 35.8 Å². The Morgan fingerprint density at radius 3 is 2.75 bits per heavy atom. The maximum absolute atomic E-state index is 14.3. The van der Waals surface area contributed by atoms with E-state index in [0.29, 0.717) is 12.1 Å². The standard InChI is InChI=1S/C13H15FN2/c14-11-10(13(8-15)5-1-6-13)3-2-9-4-7-16-12(9)11/h2-4,7,16H,1,5-6,8,15H2. The van der Waals surface area contributed by atoms with Crippen LogP contribution in [0.3, 0.4) is 0 Å². The van der Waals surface area contributed by atoms with Crippen LogP contribution in [0, 0.1) is 5.82 Å². The summed E-state index contributed by atoms with van der Waals surface area (Å²) < 4.78 is 14.3. The number of hydrogen-bond donors (Lipinski definition) is 2. The third kappa shape index (κ3) is 1.15. The Bertz CT molecular complexity index is 520. The van der Waals surface area contributed by atoms with Crippen molar-refractivity contribution in [2.45, 2.75) is 24.7 Å². The van der Waals surface area contributed by atoms with Crippen molar-refractivity contribution in [2.75, 3.05) is 6.54 Å². The zero-order valence-electron chi connectivity index (χ0n) is 9.09. The monoisotopic (exact) mass is 218 g/mol. The molecule has 1 heterocycles. The SMILES string of the molecule is NCC1(c2ccc3cc[nH]c3c2F)CCC1. The molecule has 84 valence electrons. The smallest absolute Gasteiger partial charge is 0.151 e. The van der Waals surface area contributed by atoms with Crippen LogP contribution in [-0.4, -0.2) is 11.5 Å². The van der Waals surface area contributed by atoms with E-state index in [1.165, 1.54) is 0 Å². The first-order valence-corrected chi connectivity index (χ1v) is 5.73. The maximum Gasteiger partial charge on any atom is 0.151 e. The summed E-state index contributed by atoms with van der Waals surface area (Å²) in [4.78, 5) is 2.96. The highest BCUT2D eigenvalue weighted by molar-refractivity contribution is 5.81. The number of rotatable bonds is 2. The fourth-order valence-corrected chi connectivity index (χ4v) is 2.69. The number of hydrogen-bond acceptors (Lipinski definition) is 1. The number of benzene rings is 1. The van der Waals surface area contributed by atoms with Crippen LogP contribution in [0.1, 0.15) is 24.8 Å². The van der Waals surface area contributed by atoms with E-state index in [0.717, 1.165) is 30.2 Å². The van der Waals surface area contributed by atoms with Crippen LogP contribution in [0.15, 0.2) is 24.4 Å². The quantitative estimate of drug-likeness (QED) is 0.799. The molecule has 0 amide bonds. The third-order valence-electron chi connectivity index (χ3n) is 3.94. The van der Waals surface area contributed by atoms with E-state index in [9.17, 15) is 4.39 Å². The molecular weight excluding hydrogens is 203 g/mol. The summed E-state index contributed by atoms with van der Waals surface area (Å²) in [5.41, 5.74) is 7.10. The molecule has 0 unspecified atom stereocenters. The first kappa shape index (κ1) is 9.85. The zero-order valence-corrected chi connectivity index (χ0v) is 9.09. The molecule has 16 heavy (non-hydrogen) atoms. The molecule has 3 heteroatoms. The molecule has 2 nitrogen and oxygen atoms in total. The van der Waals surface area contributed by atoms with Crippen LogP contribution in [0.5, 0.6) is 0 Å². The number of nitrogens with two attached hydrogens (primary N) is 1. The van der Waals surface area contributed by atoms with Crippen LogP contribution < -0.4 is 5.73 Å². The molecule has 0 radical (unpaired) electrons. The van der Waals surface area contributed by atoms with Gasteiger partial charge in [-0.2, -0.15) is 0 Å². The highest BCUT2D eigenvalue weighted by Gasteiger charge is 2.39. The van der Waals surface area contributed by atoms with Crippen molar-refractivity contribution in [1.29, 1.82) is 0 Å². The average Bonchev–Trinajstić information content (AvgIpc) is 2.69. The summed E-state index contributed by atoms with van der Waals surface area (Å²) in [6.45, 7) is 0.538. The Morgan fingerprint density at radius 2 is 2.12 bits per heavy atom. The number of aromatic nitrogens is 1. The van der Waals surface area contributed by atoms with Crippen LogP contribution in [0.25, 0.3) is 10.9 Å². The van der Waals surface area contributed by atoms with Crippen molar-refractivity contribution in [2.24, 2.45) is 5.73 Å². The first-order valence-electron chi connectivity index (χ1n) is 5.73. The lowest BCUT2D eigenvalue weighted by atomic mass is 9.64. The zero-order chi connectivity index (χ0) is 11.2. The van der Waals surface area contributed by atoms with E-state index in [4.69, 9.17) is 5.73 Å². The van der Waals surface area contributed by atoms with Crippen molar-refractivity contribution in [1.82, 2.24) is 4.98 Å². The van der Waals surface area contributed by atoms with E-state index in [2.05, 4.69) is 4.98 Å². The lowest BCUT2D eigenvalue weighted by Gasteiger charge is -2.41. The molecule has 2 aromatic rings. The molecule has 0 bridgehead atoms. The summed E-state index contributed by atoms with van der Waals surface area (Å²) in [6, 6.07) is 5.76. The van der Waals surface area contributed by atoms with Gasteiger partial charge in [0.15, 0.2) is 5.82 Å². The average molecular weight is 218 g/mol. The summed E-state index contributed by atoms with van der Waals surface area (Å²) in [7, 11) is 0. The molecule has 1 aliphatic rings. The van der Waals surface area contributed by atoms with Crippen LogP contribution in [-0.2, 0) is 5.41 Å². The number of fused-ring (bicyclic) bond motifs is 1. The van der Waals surface area contributed by atoms with Crippen LogP contribution in [0.4, 0.5) is 4.39 Å². The Hall–Kier alpha value is -1.35. The molecule has 1 aromatic carbocycles. The highest BCUT2D eigenvalue weighted by Crippen LogP contribution is 2.44. The van der Waals surface area contributed by atoms with E-state index in [1.54, 1.807) is 6.20 Å². The second kappa shape index (κ2) is 3.32. The van der Waals surface area contributed by atoms with Gasteiger partial charge in [0, 0.05) is 23.5 Å². The van der Waals surface area contributed by atoms with Gasteiger partial charge in [0.1, 0.15) is 0 Å². The molecule has 1 saturated carbocycles. The normalized spacial score (nSPS) is 18.6. The summed E-state index contributed by atoms with van der Waals surface area (Å²) in [5.74, 6) is -0.118. The Labute approximate surface area is 93.6 Å². The number of halogens is 1. The van der Waals surface area contributed by atoms with E-state index in [1.807, 2.05) is 18.2 Å². The van der Waals surface area contributed by atoms with Gasteiger partial charge >= 0.3 is 0 Å². The molecule has 0 atom stereocenters. The third-order valence-corrected chi connectivity index (χ3v) is 3.94.